The van der Waals surface area contributed by atoms with Crippen LogP contribution in [0.2, 0.25) is 0 Å². The van der Waals surface area contributed by atoms with Crippen molar-refractivity contribution in [3.05, 3.63) is 27.6 Å². The molecule has 2 rings (SSSR count). The summed E-state index contributed by atoms with van der Waals surface area (Å²) in [7, 11) is 4.13. The molecule has 0 aromatic carbocycles. The van der Waals surface area contributed by atoms with Crippen molar-refractivity contribution in [3.63, 3.8) is 0 Å². The predicted octanol–water partition coefficient (Wildman–Crippen LogP) is 2.11. The number of hydrogen-bond donors (Lipinski definition) is 0. The van der Waals surface area contributed by atoms with Crippen LogP contribution in [0.5, 0.6) is 0 Å². The topological polar surface area (TPSA) is 38.1 Å². The lowest BCUT2D eigenvalue weighted by atomic mass is 10.2. The van der Waals surface area contributed by atoms with E-state index in [1.165, 1.54) is 11.3 Å². The highest BCUT2D eigenvalue weighted by atomic mass is 32.1. The Labute approximate surface area is 111 Å². The summed E-state index contributed by atoms with van der Waals surface area (Å²) >= 11 is 1.54. The molecule has 0 radical (unpaired) electrons. The van der Waals surface area contributed by atoms with Gasteiger partial charge in [-0.25, -0.2) is 4.98 Å². The zero-order valence-electron chi connectivity index (χ0n) is 11.1. The second-order valence-electron chi connectivity index (χ2n) is 4.85. The van der Waals surface area contributed by atoms with Gasteiger partial charge in [0, 0.05) is 6.54 Å². The molecule has 0 atom stereocenters. The Morgan fingerprint density at radius 1 is 1.39 bits per heavy atom. The Morgan fingerprint density at radius 3 is 2.89 bits per heavy atom. The molecule has 0 aliphatic heterocycles. The Bertz CT molecular complexity index is 585. The molecule has 0 saturated heterocycles. The number of fused-ring (bicyclic) bond motifs is 1. The van der Waals surface area contributed by atoms with E-state index in [2.05, 4.69) is 24.0 Å². The minimum atomic E-state index is 0.101. The molecular weight excluding hydrogens is 246 g/mol. The average molecular weight is 265 g/mol. The molecule has 98 valence electrons. The number of thiophene rings is 1. The number of nitrogens with zero attached hydrogens (tertiary/aromatic N) is 3. The lowest BCUT2D eigenvalue weighted by Crippen LogP contribution is -2.21. The van der Waals surface area contributed by atoms with Gasteiger partial charge in [0.2, 0.25) is 0 Å². The van der Waals surface area contributed by atoms with Crippen molar-refractivity contribution in [1.29, 1.82) is 0 Å². The fourth-order valence-corrected chi connectivity index (χ4v) is 2.85. The van der Waals surface area contributed by atoms with Crippen LogP contribution in [-0.4, -0.2) is 35.1 Å². The molecule has 0 fully saturated rings. The lowest BCUT2D eigenvalue weighted by molar-refractivity contribution is 0.387. The van der Waals surface area contributed by atoms with Crippen LogP contribution in [0, 0.1) is 6.92 Å². The van der Waals surface area contributed by atoms with E-state index in [-0.39, 0.29) is 5.56 Å². The van der Waals surface area contributed by atoms with Crippen molar-refractivity contribution in [2.24, 2.45) is 0 Å². The SMILES string of the molecule is Cc1csc2ncn(CCCCN(C)C)c(=O)c12. The quantitative estimate of drug-likeness (QED) is 0.777. The standard InChI is InChI=1S/C13H19N3OS/c1-10-8-18-12-11(10)13(17)16(9-14-12)7-5-4-6-15(2)3/h8-9H,4-7H2,1-3H3. The first-order valence-corrected chi connectivity index (χ1v) is 7.05. The van der Waals surface area contributed by atoms with Gasteiger partial charge in [-0.15, -0.1) is 11.3 Å². The molecule has 0 aliphatic carbocycles. The summed E-state index contributed by atoms with van der Waals surface area (Å²) in [4.78, 5) is 19.6. The summed E-state index contributed by atoms with van der Waals surface area (Å²) in [6, 6.07) is 0. The highest BCUT2D eigenvalue weighted by molar-refractivity contribution is 7.16. The van der Waals surface area contributed by atoms with Crippen LogP contribution < -0.4 is 5.56 Å². The third-order valence-electron chi connectivity index (χ3n) is 3.00. The van der Waals surface area contributed by atoms with Gasteiger partial charge in [0.25, 0.3) is 5.56 Å². The predicted molar refractivity (Wildman–Crippen MR) is 76.4 cm³/mol. The van der Waals surface area contributed by atoms with Crippen LogP contribution in [0.15, 0.2) is 16.5 Å². The summed E-state index contributed by atoms with van der Waals surface area (Å²) in [6.07, 6.45) is 3.78. The van der Waals surface area contributed by atoms with Crippen molar-refractivity contribution in [2.75, 3.05) is 20.6 Å². The van der Waals surface area contributed by atoms with Gasteiger partial charge in [-0.3, -0.25) is 9.36 Å². The molecule has 2 heterocycles. The number of aryl methyl sites for hydroxylation is 2. The van der Waals surface area contributed by atoms with Gasteiger partial charge in [-0.05, 0) is 51.3 Å². The van der Waals surface area contributed by atoms with Crippen LogP contribution in [0.3, 0.4) is 0 Å². The number of rotatable bonds is 5. The van der Waals surface area contributed by atoms with Gasteiger partial charge in [0.1, 0.15) is 4.83 Å². The van der Waals surface area contributed by atoms with E-state index in [0.29, 0.717) is 0 Å². The Hall–Kier alpha value is -1.20. The summed E-state index contributed by atoms with van der Waals surface area (Å²) in [5.41, 5.74) is 1.14. The molecule has 0 N–H and O–H groups in total. The minimum Gasteiger partial charge on any atom is -0.309 e. The zero-order chi connectivity index (χ0) is 13.1. The van der Waals surface area contributed by atoms with E-state index in [1.807, 2.05) is 12.3 Å². The first kappa shape index (κ1) is 13.2. The molecule has 5 heteroatoms. The van der Waals surface area contributed by atoms with E-state index < -0.39 is 0 Å². The average Bonchev–Trinajstić information content (AvgIpc) is 2.69. The molecule has 0 bridgehead atoms. The number of unbranched alkanes of at least 4 members (excludes halogenated alkanes) is 1. The molecule has 2 aromatic rings. The minimum absolute atomic E-state index is 0.101. The summed E-state index contributed by atoms with van der Waals surface area (Å²) in [5, 5.41) is 2.78. The van der Waals surface area contributed by atoms with Crippen LogP contribution in [0.1, 0.15) is 18.4 Å². The third-order valence-corrected chi connectivity index (χ3v) is 4.00. The van der Waals surface area contributed by atoms with E-state index >= 15 is 0 Å². The monoisotopic (exact) mass is 265 g/mol. The van der Waals surface area contributed by atoms with E-state index in [1.54, 1.807) is 10.9 Å². The molecule has 0 spiro atoms. The largest absolute Gasteiger partial charge is 0.309 e. The summed E-state index contributed by atoms with van der Waals surface area (Å²) < 4.78 is 1.73. The molecular formula is C13H19N3OS. The molecule has 0 aliphatic rings. The Balaban J connectivity index is 2.12. The second-order valence-corrected chi connectivity index (χ2v) is 5.71. The maximum atomic E-state index is 12.3. The van der Waals surface area contributed by atoms with Gasteiger partial charge >= 0.3 is 0 Å². The van der Waals surface area contributed by atoms with Crippen molar-refractivity contribution in [1.82, 2.24) is 14.5 Å². The van der Waals surface area contributed by atoms with Crippen molar-refractivity contribution in [2.45, 2.75) is 26.3 Å². The summed E-state index contributed by atoms with van der Waals surface area (Å²) in [6.45, 7) is 3.78. The maximum Gasteiger partial charge on any atom is 0.262 e. The van der Waals surface area contributed by atoms with Gasteiger partial charge in [-0.2, -0.15) is 0 Å². The zero-order valence-corrected chi connectivity index (χ0v) is 12.0. The van der Waals surface area contributed by atoms with Crippen LogP contribution in [0.25, 0.3) is 10.2 Å². The summed E-state index contributed by atoms with van der Waals surface area (Å²) in [5.74, 6) is 0. The fourth-order valence-electron chi connectivity index (χ4n) is 1.97. The van der Waals surface area contributed by atoms with Gasteiger partial charge in [0.05, 0.1) is 11.7 Å². The lowest BCUT2D eigenvalue weighted by Gasteiger charge is -2.09. The molecule has 18 heavy (non-hydrogen) atoms. The highest BCUT2D eigenvalue weighted by Crippen LogP contribution is 2.19. The first-order chi connectivity index (χ1) is 8.59. The Morgan fingerprint density at radius 2 is 2.17 bits per heavy atom. The van der Waals surface area contributed by atoms with Gasteiger partial charge in [-0.1, -0.05) is 0 Å². The van der Waals surface area contributed by atoms with E-state index in [4.69, 9.17) is 0 Å². The number of aromatic nitrogens is 2. The number of hydrogen-bond acceptors (Lipinski definition) is 4. The van der Waals surface area contributed by atoms with E-state index in [9.17, 15) is 4.79 Å². The molecule has 2 aromatic heterocycles. The third kappa shape index (κ3) is 2.79. The van der Waals surface area contributed by atoms with Crippen LogP contribution in [0.4, 0.5) is 0 Å². The highest BCUT2D eigenvalue weighted by Gasteiger charge is 2.08. The van der Waals surface area contributed by atoms with Crippen molar-refractivity contribution >= 4 is 21.6 Å². The fraction of sp³-hybridized carbons (Fsp3) is 0.538. The van der Waals surface area contributed by atoms with Crippen molar-refractivity contribution < 1.29 is 0 Å². The first-order valence-electron chi connectivity index (χ1n) is 6.17. The normalized spacial score (nSPS) is 11.6. The molecule has 0 unspecified atom stereocenters. The van der Waals surface area contributed by atoms with Gasteiger partial charge < -0.3 is 4.90 Å². The van der Waals surface area contributed by atoms with Crippen LogP contribution in [-0.2, 0) is 6.54 Å². The molecule has 4 nitrogen and oxygen atoms in total. The smallest absolute Gasteiger partial charge is 0.262 e. The van der Waals surface area contributed by atoms with E-state index in [0.717, 1.165) is 41.7 Å². The van der Waals surface area contributed by atoms with Crippen molar-refractivity contribution in [3.8, 4) is 0 Å². The van der Waals surface area contributed by atoms with Gasteiger partial charge in [0.15, 0.2) is 0 Å². The maximum absolute atomic E-state index is 12.3. The second kappa shape index (κ2) is 5.63. The van der Waals surface area contributed by atoms with Crippen LogP contribution >= 0.6 is 11.3 Å². The molecule has 0 amide bonds. The Kier molecular flexibility index (Phi) is 4.14. The molecule has 0 saturated carbocycles.